The molecule has 0 bridgehead atoms. The number of sulfonamides is 1. The number of primary sulfonamides is 1. The number of hydrogen-bond donors (Lipinski definition) is 1. The van der Waals surface area contributed by atoms with Gasteiger partial charge in [0.1, 0.15) is 5.75 Å². The number of aliphatic imine (C=N–C) groups is 1. The number of fused-ring (bicyclic) bond motifs is 1. The maximum Gasteiger partial charge on any atom is 0.238 e. The molecule has 6 heteroatoms. The first-order chi connectivity index (χ1) is 6.57. The van der Waals surface area contributed by atoms with Gasteiger partial charge in [-0.1, -0.05) is 0 Å². The molecule has 1 aliphatic rings. The Bertz CT molecular complexity index is 493. The molecule has 2 rings (SSSR count). The van der Waals surface area contributed by atoms with Crippen LogP contribution in [0.15, 0.2) is 28.1 Å². The molecule has 1 aromatic rings. The molecule has 0 spiro atoms. The highest BCUT2D eigenvalue weighted by atomic mass is 32.2. The van der Waals surface area contributed by atoms with E-state index in [1.165, 1.54) is 12.1 Å². The van der Waals surface area contributed by atoms with E-state index in [1.54, 1.807) is 12.3 Å². The van der Waals surface area contributed by atoms with E-state index >= 15 is 0 Å². The van der Waals surface area contributed by atoms with E-state index in [1.807, 2.05) is 0 Å². The van der Waals surface area contributed by atoms with Gasteiger partial charge in [-0.15, -0.1) is 0 Å². The van der Waals surface area contributed by atoms with Gasteiger partial charge in [-0.2, -0.15) is 0 Å². The van der Waals surface area contributed by atoms with E-state index in [0.29, 0.717) is 11.3 Å². The molecule has 2 N–H and O–H groups in total. The average molecular weight is 212 g/mol. The first-order valence-electron chi connectivity index (χ1n) is 3.87. The van der Waals surface area contributed by atoms with Crippen LogP contribution in [0.4, 0.5) is 0 Å². The van der Waals surface area contributed by atoms with Gasteiger partial charge in [0.15, 0.2) is 6.73 Å². The maximum absolute atomic E-state index is 11.0. The number of nitrogens with two attached hydrogens (primary N) is 1. The summed E-state index contributed by atoms with van der Waals surface area (Å²) in [7, 11) is -3.65. The van der Waals surface area contributed by atoms with E-state index in [0.717, 1.165) is 0 Å². The first kappa shape index (κ1) is 9.17. The molecule has 0 amide bonds. The molecule has 1 aliphatic heterocycles. The Morgan fingerprint density at radius 2 is 2.21 bits per heavy atom. The minimum atomic E-state index is -3.65. The third kappa shape index (κ3) is 1.61. The zero-order valence-corrected chi connectivity index (χ0v) is 7.99. The molecule has 74 valence electrons. The van der Waals surface area contributed by atoms with E-state index < -0.39 is 10.0 Å². The third-order valence-corrected chi connectivity index (χ3v) is 2.75. The number of nitrogens with zero attached hydrogens (tertiary/aromatic N) is 1. The summed E-state index contributed by atoms with van der Waals surface area (Å²) in [5, 5.41) is 4.98. The second-order valence-corrected chi connectivity index (χ2v) is 4.39. The molecule has 0 atom stereocenters. The van der Waals surface area contributed by atoms with Crippen molar-refractivity contribution in [3.8, 4) is 5.75 Å². The molecular weight excluding hydrogens is 204 g/mol. The average Bonchev–Trinajstić information content (AvgIpc) is 2.16. The summed E-state index contributed by atoms with van der Waals surface area (Å²) >= 11 is 0. The van der Waals surface area contributed by atoms with Gasteiger partial charge in [0.05, 0.1) is 4.90 Å². The van der Waals surface area contributed by atoms with Crippen LogP contribution in [0, 0.1) is 0 Å². The molecule has 0 aromatic heterocycles. The van der Waals surface area contributed by atoms with Gasteiger partial charge >= 0.3 is 0 Å². The highest BCUT2D eigenvalue weighted by molar-refractivity contribution is 7.89. The van der Waals surface area contributed by atoms with Crippen LogP contribution in [0.1, 0.15) is 5.56 Å². The van der Waals surface area contributed by atoms with Crippen LogP contribution in [0.25, 0.3) is 0 Å². The lowest BCUT2D eigenvalue weighted by atomic mass is 10.2. The van der Waals surface area contributed by atoms with Crippen LogP contribution in [0.5, 0.6) is 5.75 Å². The van der Waals surface area contributed by atoms with Gasteiger partial charge in [-0.3, -0.25) is 4.99 Å². The summed E-state index contributed by atoms with van der Waals surface area (Å²) in [6.45, 7) is 0.266. The Morgan fingerprint density at radius 3 is 2.93 bits per heavy atom. The van der Waals surface area contributed by atoms with Crippen molar-refractivity contribution >= 4 is 16.2 Å². The molecular formula is C8H8N2O3S. The van der Waals surface area contributed by atoms with Gasteiger partial charge < -0.3 is 4.74 Å². The third-order valence-electron chi connectivity index (χ3n) is 1.83. The Hall–Kier alpha value is -1.40. The number of ether oxygens (including phenoxy) is 1. The van der Waals surface area contributed by atoms with E-state index in [4.69, 9.17) is 9.88 Å². The largest absolute Gasteiger partial charge is 0.471 e. The van der Waals surface area contributed by atoms with Gasteiger partial charge in [-0.05, 0) is 18.2 Å². The monoisotopic (exact) mass is 212 g/mol. The Morgan fingerprint density at radius 1 is 1.43 bits per heavy atom. The number of benzene rings is 1. The van der Waals surface area contributed by atoms with E-state index in [2.05, 4.69) is 4.99 Å². The summed E-state index contributed by atoms with van der Waals surface area (Å²) in [6.07, 6.45) is 1.56. The molecule has 14 heavy (non-hydrogen) atoms. The fourth-order valence-corrected chi connectivity index (χ4v) is 1.73. The van der Waals surface area contributed by atoms with Crippen LogP contribution < -0.4 is 9.88 Å². The lowest BCUT2D eigenvalue weighted by Crippen LogP contribution is -2.13. The predicted octanol–water partition coefficient (Wildman–Crippen LogP) is 0.103. The van der Waals surface area contributed by atoms with Crippen molar-refractivity contribution in [2.45, 2.75) is 4.90 Å². The van der Waals surface area contributed by atoms with Gasteiger partial charge in [0, 0.05) is 11.8 Å². The predicted molar refractivity (Wildman–Crippen MR) is 50.9 cm³/mol. The first-order valence-corrected chi connectivity index (χ1v) is 5.41. The van der Waals surface area contributed by atoms with Gasteiger partial charge in [0.2, 0.25) is 10.0 Å². The number of rotatable bonds is 1. The lowest BCUT2D eigenvalue weighted by Gasteiger charge is -2.11. The van der Waals surface area contributed by atoms with Crippen LogP contribution in [-0.2, 0) is 10.0 Å². The van der Waals surface area contributed by atoms with Crippen molar-refractivity contribution in [3.63, 3.8) is 0 Å². The molecule has 0 radical (unpaired) electrons. The summed E-state index contributed by atoms with van der Waals surface area (Å²) < 4.78 is 27.2. The van der Waals surface area contributed by atoms with Crippen molar-refractivity contribution in [1.82, 2.24) is 0 Å². The second-order valence-electron chi connectivity index (χ2n) is 2.83. The highest BCUT2D eigenvalue weighted by Crippen LogP contribution is 2.22. The standard InChI is InChI=1S/C8H8N2O3S/c9-14(11,12)7-1-2-8-6(3-7)4-10-5-13-8/h1-4H,5H2,(H2,9,11,12). The van der Waals surface area contributed by atoms with Crippen LogP contribution in [-0.4, -0.2) is 21.4 Å². The van der Waals surface area contributed by atoms with Crippen molar-refractivity contribution in [3.05, 3.63) is 23.8 Å². The molecule has 0 saturated heterocycles. The summed E-state index contributed by atoms with van der Waals surface area (Å²) in [5.41, 5.74) is 0.628. The molecule has 5 nitrogen and oxygen atoms in total. The molecule has 1 aromatic carbocycles. The second kappa shape index (κ2) is 3.07. The lowest BCUT2D eigenvalue weighted by molar-refractivity contribution is 0.326. The molecule has 0 saturated carbocycles. The van der Waals surface area contributed by atoms with Crippen molar-refractivity contribution in [2.24, 2.45) is 10.1 Å². The Kier molecular flexibility index (Phi) is 2.01. The van der Waals surface area contributed by atoms with Crippen LogP contribution in [0.2, 0.25) is 0 Å². The Labute approximate surface area is 81.3 Å². The van der Waals surface area contributed by atoms with E-state index in [9.17, 15) is 8.42 Å². The van der Waals surface area contributed by atoms with Crippen molar-refractivity contribution < 1.29 is 13.2 Å². The van der Waals surface area contributed by atoms with Crippen molar-refractivity contribution in [1.29, 1.82) is 0 Å². The zero-order valence-electron chi connectivity index (χ0n) is 7.17. The zero-order chi connectivity index (χ0) is 10.2. The summed E-state index contributed by atoms with van der Waals surface area (Å²) in [6, 6.07) is 4.42. The normalized spacial score (nSPS) is 14.6. The summed E-state index contributed by atoms with van der Waals surface area (Å²) in [4.78, 5) is 3.92. The summed E-state index contributed by atoms with van der Waals surface area (Å²) in [5.74, 6) is 0.618. The Balaban J connectivity index is 2.56. The van der Waals surface area contributed by atoms with Gasteiger partial charge in [0.25, 0.3) is 0 Å². The molecule has 0 fully saturated rings. The molecule has 1 heterocycles. The number of hydrogen-bond acceptors (Lipinski definition) is 4. The minimum absolute atomic E-state index is 0.0631. The molecule has 0 unspecified atom stereocenters. The fraction of sp³-hybridized carbons (Fsp3) is 0.125. The minimum Gasteiger partial charge on any atom is -0.471 e. The van der Waals surface area contributed by atoms with E-state index in [-0.39, 0.29) is 11.6 Å². The van der Waals surface area contributed by atoms with Crippen LogP contribution in [0.3, 0.4) is 0 Å². The van der Waals surface area contributed by atoms with Gasteiger partial charge in [-0.25, -0.2) is 13.6 Å². The topological polar surface area (TPSA) is 81.8 Å². The fourth-order valence-electron chi connectivity index (χ4n) is 1.18. The highest BCUT2D eigenvalue weighted by Gasteiger charge is 2.12. The quantitative estimate of drug-likeness (QED) is 0.716. The maximum atomic E-state index is 11.0. The van der Waals surface area contributed by atoms with Crippen LogP contribution >= 0.6 is 0 Å². The SMILES string of the molecule is NS(=O)(=O)c1ccc2c(c1)C=NCO2. The molecule has 0 aliphatic carbocycles. The smallest absolute Gasteiger partial charge is 0.238 e. The van der Waals surface area contributed by atoms with Crippen molar-refractivity contribution in [2.75, 3.05) is 6.73 Å².